The van der Waals surface area contributed by atoms with E-state index in [-0.39, 0.29) is 18.6 Å². The first kappa shape index (κ1) is 23.8. The van der Waals surface area contributed by atoms with Crippen LogP contribution in [0.4, 0.5) is 0 Å². The van der Waals surface area contributed by atoms with Crippen LogP contribution in [0.1, 0.15) is 64.4 Å². The van der Waals surface area contributed by atoms with Crippen LogP contribution in [0.25, 0.3) is 6.08 Å². The van der Waals surface area contributed by atoms with Gasteiger partial charge in [0.2, 0.25) is 5.91 Å². The summed E-state index contributed by atoms with van der Waals surface area (Å²) < 4.78 is 16.0. The van der Waals surface area contributed by atoms with E-state index in [2.05, 4.69) is 19.2 Å². The number of rotatable bonds is 11. The van der Waals surface area contributed by atoms with Gasteiger partial charge in [-0.3, -0.25) is 4.79 Å². The van der Waals surface area contributed by atoms with Crippen LogP contribution in [-0.4, -0.2) is 38.2 Å². The van der Waals surface area contributed by atoms with Crippen LogP contribution in [0.15, 0.2) is 24.3 Å². The number of unbranched alkanes of at least 4 members (excludes halogenated alkanes) is 2. The minimum absolute atomic E-state index is 0.0836. The van der Waals surface area contributed by atoms with Gasteiger partial charge < -0.3 is 19.5 Å². The predicted octanol–water partition coefficient (Wildman–Crippen LogP) is 4.52. The lowest BCUT2D eigenvalue weighted by Crippen LogP contribution is -2.36. The van der Waals surface area contributed by atoms with Gasteiger partial charge in [0.1, 0.15) is 0 Å². The second kappa shape index (κ2) is 12.9. The molecule has 0 bridgehead atoms. The smallest absolute Gasteiger partial charge is 0.344 e. The summed E-state index contributed by atoms with van der Waals surface area (Å²) in [5.74, 6) is 1.23. The number of esters is 1. The van der Waals surface area contributed by atoms with Crippen molar-refractivity contribution in [2.75, 3.05) is 20.3 Å². The number of carbonyl (C=O) groups excluding carboxylic acids is 2. The first-order chi connectivity index (χ1) is 14.5. The number of amides is 1. The summed E-state index contributed by atoms with van der Waals surface area (Å²) >= 11 is 0. The van der Waals surface area contributed by atoms with Crippen LogP contribution in [-0.2, 0) is 14.3 Å². The molecule has 0 spiro atoms. The van der Waals surface area contributed by atoms with Gasteiger partial charge in [0.15, 0.2) is 18.1 Å². The lowest BCUT2D eigenvalue weighted by atomic mass is 9.87. The van der Waals surface area contributed by atoms with E-state index in [1.54, 1.807) is 24.3 Å². The van der Waals surface area contributed by atoms with E-state index < -0.39 is 5.97 Å². The Morgan fingerprint density at radius 3 is 2.60 bits per heavy atom. The molecule has 0 atom stereocenters. The van der Waals surface area contributed by atoms with Crippen molar-refractivity contribution < 1.29 is 23.8 Å². The largest absolute Gasteiger partial charge is 0.493 e. The van der Waals surface area contributed by atoms with Crippen LogP contribution in [0, 0.1) is 5.92 Å². The Hall–Kier alpha value is -2.50. The third-order valence-corrected chi connectivity index (χ3v) is 5.33. The van der Waals surface area contributed by atoms with Crippen molar-refractivity contribution in [2.45, 2.75) is 64.8 Å². The molecule has 0 aliphatic heterocycles. The molecule has 166 valence electrons. The lowest BCUT2D eigenvalue weighted by Gasteiger charge is -2.26. The van der Waals surface area contributed by atoms with Gasteiger partial charge in [-0.25, -0.2) is 4.79 Å². The van der Waals surface area contributed by atoms with Crippen molar-refractivity contribution >= 4 is 18.0 Å². The molecule has 30 heavy (non-hydrogen) atoms. The van der Waals surface area contributed by atoms with E-state index in [0.717, 1.165) is 43.6 Å². The minimum Gasteiger partial charge on any atom is -0.493 e. The monoisotopic (exact) mass is 417 g/mol. The van der Waals surface area contributed by atoms with Crippen LogP contribution in [0.2, 0.25) is 0 Å². The maximum atomic E-state index is 12.2. The van der Waals surface area contributed by atoms with Gasteiger partial charge in [0.05, 0.1) is 13.7 Å². The SMILES string of the molecule is CCCCCOC(=O)COc1ccc(C=CC(=O)NC2CCC(C)CC2)cc1OC. The molecular formula is C24H35NO5. The summed E-state index contributed by atoms with van der Waals surface area (Å²) in [5, 5.41) is 3.07. The van der Waals surface area contributed by atoms with Crippen molar-refractivity contribution in [3.63, 3.8) is 0 Å². The van der Waals surface area contributed by atoms with Crippen LogP contribution in [0.5, 0.6) is 11.5 Å². The first-order valence-corrected chi connectivity index (χ1v) is 11.0. The average molecular weight is 418 g/mol. The molecule has 0 unspecified atom stereocenters. The summed E-state index contributed by atoms with van der Waals surface area (Å²) in [4.78, 5) is 23.9. The normalized spacial score (nSPS) is 18.8. The number of methoxy groups -OCH3 is 1. The number of carbonyl (C=O) groups is 2. The molecule has 1 aliphatic carbocycles. The molecule has 1 amide bonds. The zero-order valence-electron chi connectivity index (χ0n) is 18.4. The highest BCUT2D eigenvalue weighted by molar-refractivity contribution is 5.92. The van der Waals surface area contributed by atoms with Crippen LogP contribution >= 0.6 is 0 Å². The van der Waals surface area contributed by atoms with Gasteiger partial charge in [-0.1, -0.05) is 32.8 Å². The number of hydrogen-bond acceptors (Lipinski definition) is 5. The predicted molar refractivity (Wildman–Crippen MR) is 118 cm³/mol. The molecule has 1 aromatic rings. The highest BCUT2D eigenvalue weighted by Crippen LogP contribution is 2.28. The Bertz CT molecular complexity index is 708. The number of ether oxygens (including phenoxy) is 3. The molecule has 0 heterocycles. The van der Waals surface area contributed by atoms with Crippen molar-refractivity contribution in [1.82, 2.24) is 5.32 Å². The topological polar surface area (TPSA) is 73.9 Å². The Kier molecular flexibility index (Phi) is 10.3. The van der Waals surface area contributed by atoms with E-state index in [0.29, 0.717) is 18.1 Å². The second-order valence-corrected chi connectivity index (χ2v) is 7.93. The quantitative estimate of drug-likeness (QED) is 0.326. The van der Waals surface area contributed by atoms with Crippen molar-refractivity contribution in [3.8, 4) is 11.5 Å². The molecule has 1 aliphatic rings. The zero-order valence-corrected chi connectivity index (χ0v) is 18.4. The van der Waals surface area contributed by atoms with Crippen molar-refractivity contribution in [3.05, 3.63) is 29.8 Å². The Balaban J connectivity index is 1.83. The molecule has 0 saturated heterocycles. The minimum atomic E-state index is -0.397. The van der Waals surface area contributed by atoms with Gasteiger partial charge >= 0.3 is 5.97 Å². The number of benzene rings is 1. The van der Waals surface area contributed by atoms with E-state index in [1.807, 2.05) is 6.07 Å². The van der Waals surface area contributed by atoms with Crippen molar-refractivity contribution in [2.24, 2.45) is 5.92 Å². The molecule has 1 saturated carbocycles. The van der Waals surface area contributed by atoms with Gasteiger partial charge in [-0.05, 0) is 61.8 Å². The summed E-state index contributed by atoms with van der Waals surface area (Å²) in [6, 6.07) is 5.58. The molecule has 2 rings (SSSR count). The van der Waals surface area contributed by atoms with Crippen LogP contribution < -0.4 is 14.8 Å². The van der Waals surface area contributed by atoms with E-state index >= 15 is 0 Å². The third kappa shape index (κ3) is 8.47. The van der Waals surface area contributed by atoms with E-state index in [9.17, 15) is 9.59 Å². The molecule has 6 heteroatoms. The highest BCUT2D eigenvalue weighted by atomic mass is 16.6. The van der Waals surface area contributed by atoms with Crippen molar-refractivity contribution in [1.29, 1.82) is 0 Å². The fraction of sp³-hybridized carbons (Fsp3) is 0.583. The Morgan fingerprint density at radius 1 is 1.13 bits per heavy atom. The zero-order chi connectivity index (χ0) is 21.8. The molecule has 0 aromatic heterocycles. The molecule has 1 fully saturated rings. The molecule has 1 N–H and O–H groups in total. The fourth-order valence-corrected chi connectivity index (χ4v) is 3.45. The fourth-order valence-electron chi connectivity index (χ4n) is 3.45. The number of hydrogen-bond donors (Lipinski definition) is 1. The van der Waals surface area contributed by atoms with Gasteiger partial charge in [-0.15, -0.1) is 0 Å². The standard InChI is InChI=1S/C24H35NO5/c1-4-5-6-15-29-24(27)17-30-21-13-9-19(16-22(21)28-3)10-14-23(26)25-20-11-7-18(2)8-12-20/h9-10,13-14,16,18,20H,4-8,11-12,15,17H2,1-3H3,(H,25,26). The average Bonchev–Trinajstić information content (AvgIpc) is 2.75. The molecular weight excluding hydrogens is 382 g/mol. The first-order valence-electron chi connectivity index (χ1n) is 11.0. The van der Waals surface area contributed by atoms with Gasteiger partial charge in [0, 0.05) is 12.1 Å². The second-order valence-electron chi connectivity index (χ2n) is 7.93. The summed E-state index contributed by atoms with van der Waals surface area (Å²) in [6.45, 7) is 4.60. The summed E-state index contributed by atoms with van der Waals surface area (Å²) in [5.41, 5.74) is 0.814. The third-order valence-electron chi connectivity index (χ3n) is 5.33. The summed E-state index contributed by atoms with van der Waals surface area (Å²) in [6.07, 6.45) is 10.7. The summed E-state index contributed by atoms with van der Waals surface area (Å²) in [7, 11) is 1.54. The Labute approximate surface area is 180 Å². The maximum absolute atomic E-state index is 12.2. The maximum Gasteiger partial charge on any atom is 0.344 e. The van der Waals surface area contributed by atoms with Gasteiger partial charge in [0.25, 0.3) is 0 Å². The Morgan fingerprint density at radius 2 is 1.90 bits per heavy atom. The highest BCUT2D eigenvalue weighted by Gasteiger charge is 2.18. The lowest BCUT2D eigenvalue weighted by molar-refractivity contribution is -0.146. The molecule has 1 aromatic carbocycles. The molecule has 6 nitrogen and oxygen atoms in total. The van der Waals surface area contributed by atoms with Crippen LogP contribution in [0.3, 0.4) is 0 Å². The van der Waals surface area contributed by atoms with E-state index in [4.69, 9.17) is 14.2 Å². The van der Waals surface area contributed by atoms with Gasteiger partial charge in [-0.2, -0.15) is 0 Å². The number of nitrogens with one attached hydrogen (secondary N) is 1. The molecule has 0 radical (unpaired) electrons. The van der Waals surface area contributed by atoms with E-state index in [1.165, 1.54) is 20.0 Å².